The second-order valence-corrected chi connectivity index (χ2v) is 7.47. The Labute approximate surface area is 175 Å². The molecule has 146 valence electrons. The van der Waals surface area contributed by atoms with Gasteiger partial charge >= 0.3 is 5.97 Å². The number of benzene rings is 2. The van der Waals surface area contributed by atoms with E-state index in [0.717, 1.165) is 16.5 Å². The van der Waals surface area contributed by atoms with Gasteiger partial charge in [-0.3, -0.25) is 5.10 Å². The third-order valence-electron chi connectivity index (χ3n) is 4.84. The molecule has 0 amide bonds. The summed E-state index contributed by atoms with van der Waals surface area (Å²) in [6, 6.07) is 15.0. The number of H-pyrrole nitrogens is 1. The molecule has 0 unspecified atom stereocenters. The fourth-order valence-electron chi connectivity index (χ4n) is 3.33. The van der Waals surface area contributed by atoms with Gasteiger partial charge in [0.1, 0.15) is 5.75 Å². The summed E-state index contributed by atoms with van der Waals surface area (Å²) in [6.45, 7) is 2.09. The van der Waals surface area contributed by atoms with Crippen LogP contribution in [0.1, 0.15) is 22.8 Å². The molecule has 0 fully saturated rings. The zero-order valence-electron chi connectivity index (χ0n) is 15.9. The van der Waals surface area contributed by atoms with Gasteiger partial charge in [0.25, 0.3) is 0 Å². The third-order valence-corrected chi connectivity index (χ3v) is 5.34. The van der Waals surface area contributed by atoms with Gasteiger partial charge in [-0.25, -0.2) is 9.78 Å². The number of aromatic amines is 1. The van der Waals surface area contributed by atoms with Crippen molar-refractivity contribution in [1.29, 1.82) is 0 Å². The lowest BCUT2D eigenvalue weighted by molar-refractivity contribution is 0.0699. The molecule has 4 rings (SSSR count). The molecule has 0 aliphatic carbocycles. The number of pyridine rings is 1. The van der Waals surface area contributed by atoms with E-state index in [1.807, 2.05) is 36.4 Å². The van der Waals surface area contributed by atoms with E-state index in [2.05, 4.69) is 38.0 Å². The number of carboxylic acid groups (broad SMARTS) is 1. The lowest BCUT2D eigenvalue weighted by Crippen LogP contribution is -2.01. The number of halogens is 1. The van der Waals surface area contributed by atoms with Crippen LogP contribution < -0.4 is 4.74 Å². The van der Waals surface area contributed by atoms with Gasteiger partial charge in [0, 0.05) is 15.6 Å². The molecule has 0 atom stereocenters. The molecule has 6 nitrogen and oxygen atoms in total. The molecule has 0 aliphatic rings. The van der Waals surface area contributed by atoms with Crippen LogP contribution in [-0.4, -0.2) is 33.4 Å². The van der Waals surface area contributed by atoms with Crippen LogP contribution in [0.25, 0.3) is 33.5 Å². The summed E-state index contributed by atoms with van der Waals surface area (Å²) in [6.07, 6.45) is 0.934. The summed E-state index contributed by atoms with van der Waals surface area (Å²) in [5.74, 6) is -0.442. The maximum Gasteiger partial charge on any atom is 0.336 e. The van der Waals surface area contributed by atoms with Crippen LogP contribution in [0, 0.1) is 0 Å². The van der Waals surface area contributed by atoms with Crippen molar-refractivity contribution in [3.05, 3.63) is 64.1 Å². The van der Waals surface area contributed by atoms with Crippen molar-refractivity contribution >= 4 is 32.9 Å². The Kier molecular flexibility index (Phi) is 5.07. The van der Waals surface area contributed by atoms with E-state index in [1.165, 1.54) is 5.56 Å². The molecule has 0 aliphatic heterocycles. The lowest BCUT2D eigenvalue weighted by atomic mass is 10.0. The molecule has 2 N–H and O–H groups in total. The minimum absolute atomic E-state index is 0.135. The number of aromatic carboxylic acids is 1. The van der Waals surface area contributed by atoms with Crippen molar-refractivity contribution in [2.75, 3.05) is 7.11 Å². The van der Waals surface area contributed by atoms with Crippen LogP contribution in [0.4, 0.5) is 0 Å². The first-order valence-corrected chi connectivity index (χ1v) is 9.86. The van der Waals surface area contributed by atoms with Gasteiger partial charge in [-0.05, 0) is 36.2 Å². The largest absolute Gasteiger partial charge is 0.496 e. The van der Waals surface area contributed by atoms with Crippen LogP contribution in [0.2, 0.25) is 0 Å². The highest BCUT2D eigenvalue weighted by atomic mass is 79.9. The standard InChI is InChI=1S/C22H18BrN3O3/c1-3-12-4-6-13(7-5-12)20-19-16(22(27)28)11-17(24-21(19)26-25-20)15-10-14(23)8-9-18(15)29-2/h4-11H,3H2,1-2H3,(H,27,28)(H,24,25,26). The molecular formula is C22H18BrN3O3. The average molecular weight is 452 g/mol. The van der Waals surface area contributed by atoms with Gasteiger partial charge in [-0.1, -0.05) is 47.1 Å². The van der Waals surface area contributed by atoms with Crippen molar-refractivity contribution in [1.82, 2.24) is 15.2 Å². The van der Waals surface area contributed by atoms with Crippen molar-refractivity contribution in [2.24, 2.45) is 0 Å². The van der Waals surface area contributed by atoms with Crippen molar-refractivity contribution in [2.45, 2.75) is 13.3 Å². The van der Waals surface area contributed by atoms with E-state index in [0.29, 0.717) is 33.7 Å². The number of carbonyl (C=O) groups is 1. The van der Waals surface area contributed by atoms with Gasteiger partial charge < -0.3 is 9.84 Å². The predicted octanol–water partition coefficient (Wildman–Crippen LogP) is 5.32. The zero-order valence-corrected chi connectivity index (χ0v) is 17.4. The van der Waals surface area contributed by atoms with E-state index in [4.69, 9.17) is 4.74 Å². The maximum absolute atomic E-state index is 12.1. The highest BCUT2D eigenvalue weighted by Crippen LogP contribution is 2.36. The van der Waals surface area contributed by atoms with E-state index >= 15 is 0 Å². The SMILES string of the molecule is CCc1ccc(-c2[nH]nc3nc(-c4cc(Br)ccc4OC)cc(C(=O)O)c23)cc1. The molecule has 2 aromatic heterocycles. The molecule has 0 saturated heterocycles. The highest BCUT2D eigenvalue weighted by molar-refractivity contribution is 9.10. The second kappa shape index (κ2) is 7.67. The quantitative estimate of drug-likeness (QED) is 0.428. The summed E-state index contributed by atoms with van der Waals surface area (Å²) in [4.78, 5) is 16.7. The second-order valence-electron chi connectivity index (χ2n) is 6.55. The average Bonchev–Trinajstić information content (AvgIpc) is 3.17. The van der Waals surface area contributed by atoms with Crippen LogP contribution in [-0.2, 0) is 6.42 Å². The number of methoxy groups -OCH3 is 1. The lowest BCUT2D eigenvalue weighted by Gasteiger charge is -2.10. The number of hydrogen-bond donors (Lipinski definition) is 2. The molecule has 7 heteroatoms. The Hall–Kier alpha value is -3.19. The van der Waals surface area contributed by atoms with Gasteiger partial charge in [-0.15, -0.1) is 0 Å². The van der Waals surface area contributed by atoms with Crippen LogP contribution in [0.15, 0.2) is 53.0 Å². The monoisotopic (exact) mass is 451 g/mol. The molecule has 4 aromatic rings. The van der Waals surface area contributed by atoms with Crippen LogP contribution in [0.5, 0.6) is 5.75 Å². The zero-order chi connectivity index (χ0) is 20.5. The number of nitrogens with zero attached hydrogens (tertiary/aromatic N) is 2. The van der Waals surface area contributed by atoms with E-state index in [9.17, 15) is 9.90 Å². The molecule has 2 heterocycles. The Morgan fingerprint density at radius 2 is 1.93 bits per heavy atom. The number of fused-ring (bicyclic) bond motifs is 1. The van der Waals surface area contributed by atoms with Crippen molar-refractivity contribution in [3.63, 3.8) is 0 Å². The topological polar surface area (TPSA) is 88.1 Å². The number of nitrogens with one attached hydrogen (secondary N) is 1. The van der Waals surface area contributed by atoms with Gasteiger partial charge in [-0.2, -0.15) is 5.10 Å². The van der Waals surface area contributed by atoms with E-state index < -0.39 is 5.97 Å². The number of hydrogen-bond acceptors (Lipinski definition) is 4. The van der Waals surface area contributed by atoms with Crippen molar-refractivity contribution < 1.29 is 14.6 Å². The number of ether oxygens (including phenoxy) is 1. The molecule has 0 spiro atoms. The Bertz CT molecular complexity index is 1220. The molecular weight excluding hydrogens is 434 g/mol. The normalized spacial score (nSPS) is 11.0. The fourth-order valence-corrected chi connectivity index (χ4v) is 3.69. The van der Waals surface area contributed by atoms with E-state index in [-0.39, 0.29) is 5.56 Å². The van der Waals surface area contributed by atoms with Gasteiger partial charge in [0.15, 0.2) is 5.65 Å². The third kappa shape index (κ3) is 3.49. The summed E-state index contributed by atoms with van der Waals surface area (Å²) in [5, 5.41) is 17.6. The smallest absolute Gasteiger partial charge is 0.336 e. The molecule has 29 heavy (non-hydrogen) atoms. The molecule has 0 bridgehead atoms. The first-order chi connectivity index (χ1) is 14.0. The minimum atomic E-state index is -1.04. The summed E-state index contributed by atoms with van der Waals surface area (Å²) < 4.78 is 6.27. The summed E-state index contributed by atoms with van der Waals surface area (Å²) in [5.41, 5.74) is 4.35. The Balaban J connectivity index is 1.94. The highest BCUT2D eigenvalue weighted by Gasteiger charge is 2.21. The first-order valence-electron chi connectivity index (χ1n) is 9.07. The van der Waals surface area contributed by atoms with Crippen molar-refractivity contribution in [3.8, 4) is 28.3 Å². The van der Waals surface area contributed by atoms with Gasteiger partial charge in [0.05, 0.1) is 29.4 Å². The summed E-state index contributed by atoms with van der Waals surface area (Å²) >= 11 is 3.44. The van der Waals surface area contributed by atoms with Crippen LogP contribution in [0.3, 0.4) is 0 Å². The maximum atomic E-state index is 12.1. The van der Waals surface area contributed by atoms with E-state index in [1.54, 1.807) is 19.2 Å². The molecule has 0 saturated carbocycles. The van der Waals surface area contributed by atoms with Gasteiger partial charge in [0.2, 0.25) is 0 Å². The number of aryl methyl sites for hydroxylation is 1. The molecule has 2 aromatic carbocycles. The number of carboxylic acids is 1. The number of rotatable bonds is 5. The predicted molar refractivity (Wildman–Crippen MR) is 115 cm³/mol. The molecule has 0 radical (unpaired) electrons. The minimum Gasteiger partial charge on any atom is -0.496 e. The Morgan fingerprint density at radius 3 is 2.59 bits per heavy atom. The Morgan fingerprint density at radius 1 is 1.17 bits per heavy atom. The first kappa shape index (κ1) is 19.1. The summed E-state index contributed by atoms with van der Waals surface area (Å²) in [7, 11) is 1.57. The van der Waals surface area contributed by atoms with Crippen LogP contribution >= 0.6 is 15.9 Å². The number of aromatic nitrogens is 3. The fraction of sp³-hybridized carbons (Fsp3) is 0.136.